The summed E-state index contributed by atoms with van der Waals surface area (Å²) in [4.78, 5) is 13.1. The third-order valence-corrected chi connectivity index (χ3v) is 4.58. The van der Waals surface area contributed by atoms with Crippen LogP contribution in [0.5, 0.6) is 0 Å². The Morgan fingerprint density at radius 2 is 1.36 bits per heavy atom. The van der Waals surface area contributed by atoms with E-state index in [0.717, 1.165) is 33.3 Å². The van der Waals surface area contributed by atoms with E-state index >= 15 is 0 Å². The summed E-state index contributed by atoms with van der Waals surface area (Å²) in [5, 5.41) is 0.980. The number of hydrogen-bond donors (Lipinski definition) is 0. The minimum atomic E-state index is 0.0575. The molecule has 0 amide bonds. The van der Waals surface area contributed by atoms with Crippen molar-refractivity contribution in [3.63, 3.8) is 0 Å². The second-order valence-electron chi connectivity index (χ2n) is 6.46. The highest BCUT2D eigenvalue weighted by atomic mass is 16.1. The lowest BCUT2D eigenvalue weighted by Crippen LogP contribution is -2.00. The molecule has 0 unspecified atom stereocenters. The van der Waals surface area contributed by atoms with E-state index in [1.54, 1.807) is 0 Å². The van der Waals surface area contributed by atoms with Crippen molar-refractivity contribution in [2.45, 2.75) is 13.8 Å². The molecule has 4 rings (SSSR count). The normalized spacial score (nSPS) is 11.0. The Hall–Kier alpha value is -3.13. The van der Waals surface area contributed by atoms with Crippen molar-refractivity contribution in [2.75, 3.05) is 0 Å². The maximum absolute atomic E-state index is 13.1. The summed E-state index contributed by atoms with van der Waals surface area (Å²) in [6.45, 7) is 4.10. The second kappa shape index (κ2) is 6.06. The lowest BCUT2D eigenvalue weighted by molar-refractivity contribution is 0.104. The van der Waals surface area contributed by atoms with E-state index < -0.39 is 0 Å². The van der Waals surface area contributed by atoms with Crippen LogP contribution in [0.1, 0.15) is 27.0 Å². The molecule has 25 heavy (non-hydrogen) atoms. The van der Waals surface area contributed by atoms with Gasteiger partial charge in [0.2, 0.25) is 0 Å². The molecule has 2 nitrogen and oxygen atoms in total. The standard InChI is InChI=1S/C23H19NO/c1-16-7-11-18(12-8-16)23(25)21-15-24(19-13-9-17(2)10-14-19)22-6-4-3-5-20(21)22/h3-15H,1-2H3. The Morgan fingerprint density at radius 3 is 2.04 bits per heavy atom. The number of ketones is 1. The van der Waals surface area contributed by atoms with E-state index in [-0.39, 0.29) is 5.78 Å². The minimum Gasteiger partial charge on any atom is -0.316 e. The Kier molecular flexibility index (Phi) is 3.73. The predicted molar refractivity (Wildman–Crippen MR) is 103 cm³/mol. The Bertz CT molecular complexity index is 1050. The molecular formula is C23H19NO. The smallest absolute Gasteiger partial charge is 0.195 e. The molecule has 0 fully saturated rings. The van der Waals surface area contributed by atoms with Crippen LogP contribution < -0.4 is 0 Å². The summed E-state index contributed by atoms with van der Waals surface area (Å²) >= 11 is 0. The molecule has 0 saturated carbocycles. The van der Waals surface area contributed by atoms with Gasteiger partial charge in [0, 0.05) is 28.4 Å². The van der Waals surface area contributed by atoms with E-state index in [1.807, 2.05) is 55.6 Å². The Labute approximate surface area is 147 Å². The summed E-state index contributed by atoms with van der Waals surface area (Å²) in [6, 6.07) is 24.2. The van der Waals surface area contributed by atoms with Gasteiger partial charge in [-0.2, -0.15) is 0 Å². The number of aryl methyl sites for hydroxylation is 2. The molecular weight excluding hydrogens is 306 g/mol. The van der Waals surface area contributed by atoms with Crippen LogP contribution in [-0.2, 0) is 0 Å². The SMILES string of the molecule is Cc1ccc(C(=O)c2cn(-c3ccc(C)cc3)c3ccccc23)cc1. The first-order valence-corrected chi connectivity index (χ1v) is 8.42. The average Bonchev–Trinajstić information content (AvgIpc) is 3.02. The lowest BCUT2D eigenvalue weighted by atomic mass is 10.0. The number of rotatable bonds is 3. The van der Waals surface area contributed by atoms with Crippen LogP contribution >= 0.6 is 0 Å². The molecule has 0 atom stereocenters. The predicted octanol–water partition coefficient (Wildman–Crippen LogP) is 5.48. The maximum Gasteiger partial charge on any atom is 0.195 e. The molecule has 0 aliphatic rings. The number of carbonyl (C=O) groups excluding carboxylic acids is 1. The van der Waals surface area contributed by atoms with Gasteiger partial charge in [-0.05, 0) is 32.0 Å². The molecule has 0 saturated heterocycles. The summed E-state index contributed by atoms with van der Waals surface area (Å²) in [5.74, 6) is 0.0575. The zero-order valence-corrected chi connectivity index (χ0v) is 14.4. The van der Waals surface area contributed by atoms with Gasteiger partial charge < -0.3 is 4.57 Å². The minimum absolute atomic E-state index is 0.0575. The molecule has 0 radical (unpaired) electrons. The van der Waals surface area contributed by atoms with Gasteiger partial charge in [-0.15, -0.1) is 0 Å². The number of carbonyl (C=O) groups is 1. The van der Waals surface area contributed by atoms with Crippen molar-refractivity contribution in [3.8, 4) is 5.69 Å². The van der Waals surface area contributed by atoms with Crippen LogP contribution in [0, 0.1) is 13.8 Å². The molecule has 3 aromatic carbocycles. The van der Waals surface area contributed by atoms with Gasteiger partial charge >= 0.3 is 0 Å². The van der Waals surface area contributed by atoms with Crippen molar-refractivity contribution in [3.05, 3.63) is 101 Å². The van der Waals surface area contributed by atoms with Gasteiger partial charge in [-0.1, -0.05) is 65.7 Å². The molecule has 4 aromatic rings. The van der Waals surface area contributed by atoms with Gasteiger partial charge in [-0.25, -0.2) is 0 Å². The van der Waals surface area contributed by atoms with Crippen LogP contribution in [0.2, 0.25) is 0 Å². The number of benzene rings is 3. The molecule has 0 spiro atoms. The summed E-state index contributed by atoms with van der Waals surface area (Å²) in [5.41, 5.74) is 5.93. The summed E-state index contributed by atoms with van der Waals surface area (Å²) < 4.78 is 2.09. The van der Waals surface area contributed by atoms with Gasteiger partial charge in [-0.3, -0.25) is 4.79 Å². The number of aromatic nitrogens is 1. The van der Waals surface area contributed by atoms with Crippen LogP contribution in [0.15, 0.2) is 79.0 Å². The van der Waals surface area contributed by atoms with Gasteiger partial charge in [0.15, 0.2) is 5.78 Å². The maximum atomic E-state index is 13.1. The highest BCUT2D eigenvalue weighted by Gasteiger charge is 2.17. The quantitative estimate of drug-likeness (QED) is 0.457. The van der Waals surface area contributed by atoms with Crippen LogP contribution in [0.3, 0.4) is 0 Å². The van der Waals surface area contributed by atoms with Crippen LogP contribution in [0.25, 0.3) is 16.6 Å². The molecule has 1 aromatic heterocycles. The Balaban J connectivity index is 1.89. The molecule has 0 bridgehead atoms. The van der Waals surface area contributed by atoms with Crippen molar-refractivity contribution >= 4 is 16.7 Å². The number of nitrogens with zero attached hydrogens (tertiary/aromatic N) is 1. The zero-order chi connectivity index (χ0) is 17.4. The highest BCUT2D eigenvalue weighted by Crippen LogP contribution is 2.27. The monoisotopic (exact) mass is 325 g/mol. The fourth-order valence-corrected chi connectivity index (χ4v) is 3.14. The third-order valence-electron chi connectivity index (χ3n) is 4.58. The molecule has 2 heteroatoms. The first-order chi connectivity index (χ1) is 12.1. The first kappa shape index (κ1) is 15.4. The molecule has 1 heterocycles. The highest BCUT2D eigenvalue weighted by molar-refractivity contribution is 6.16. The zero-order valence-electron chi connectivity index (χ0n) is 14.4. The van der Waals surface area contributed by atoms with Crippen molar-refractivity contribution in [1.82, 2.24) is 4.57 Å². The summed E-state index contributed by atoms with van der Waals surface area (Å²) in [7, 11) is 0. The van der Waals surface area contributed by atoms with Crippen molar-refractivity contribution in [2.24, 2.45) is 0 Å². The number of hydrogen-bond acceptors (Lipinski definition) is 1. The van der Waals surface area contributed by atoms with Gasteiger partial charge in [0.25, 0.3) is 0 Å². The average molecular weight is 325 g/mol. The molecule has 122 valence electrons. The number of fused-ring (bicyclic) bond motifs is 1. The number of para-hydroxylation sites is 1. The van der Waals surface area contributed by atoms with E-state index in [9.17, 15) is 4.79 Å². The lowest BCUT2D eigenvalue weighted by Gasteiger charge is -2.05. The second-order valence-corrected chi connectivity index (χ2v) is 6.46. The fraction of sp³-hybridized carbons (Fsp3) is 0.0870. The van der Waals surface area contributed by atoms with Crippen molar-refractivity contribution < 1.29 is 4.79 Å². The first-order valence-electron chi connectivity index (χ1n) is 8.42. The Morgan fingerprint density at radius 1 is 0.760 bits per heavy atom. The van der Waals surface area contributed by atoms with Gasteiger partial charge in [0.1, 0.15) is 0 Å². The topological polar surface area (TPSA) is 22.0 Å². The van der Waals surface area contributed by atoms with E-state index in [4.69, 9.17) is 0 Å². The van der Waals surface area contributed by atoms with E-state index in [2.05, 4.69) is 41.8 Å². The largest absolute Gasteiger partial charge is 0.316 e. The molecule has 0 aliphatic carbocycles. The van der Waals surface area contributed by atoms with E-state index in [1.165, 1.54) is 5.56 Å². The van der Waals surface area contributed by atoms with Crippen molar-refractivity contribution in [1.29, 1.82) is 0 Å². The molecule has 0 aliphatic heterocycles. The van der Waals surface area contributed by atoms with Crippen LogP contribution in [0.4, 0.5) is 0 Å². The molecule has 0 N–H and O–H groups in total. The summed E-state index contributed by atoms with van der Waals surface area (Å²) in [6.07, 6.45) is 1.96. The third kappa shape index (κ3) is 2.76. The van der Waals surface area contributed by atoms with Crippen LogP contribution in [-0.4, -0.2) is 10.4 Å². The fourth-order valence-electron chi connectivity index (χ4n) is 3.14. The van der Waals surface area contributed by atoms with E-state index in [0.29, 0.717) is 0 Å². The van der Waals surface area contributed by atoms with Gasteiger partial charge in [0.05, 0.1) is 5.52 Å².